The minimum absolute atomic E-state index is 0.126. The minimum Gasteiger partial charge on any atom is -0.378 e. The molecule has 0 amide bonds. The fourth-order valence-corrected chi connectivity index (χ4v) is 1.66. The maximum absolute atomic E-state index is 13.0. The van der Waals surface area contributed by atoms with Crippen LogP contribution in [0.3, 0.4) is 0 Å². The van der Waals surface area contributed by atoms with Crippen molar-refractivity contribution in [3.05, 3.63) is 41.5 Å². The van der Waals surface area contributed by atoms with Gasteiger partial charge in [-0.05, 0) is 39.0 Å². The summed E-state index contributed by atoms with van der Waals surface area (Å²) in [6, 6.07) is 6.02. The van der Waals surface area contributed by atoms with Crippen molar-refractivity contribution < 1.29 is 4.39 Å². The molecule has 6 heteroatoms. The van der Waals surface area contributed by atoms with Crippen molar-refractivity contribution in [2.45, 2.75) is 32.9 Å². The van der Waals surface area contributed by atoms with Crippen LogP contribution in [-0.4, -0.2) is 15.0 Å². The third-order valence-corrected chi connectivity index (χ3v) is 2.79. The first-order chi connectivity index (χ1) is 9.40. The molecule has 104 valence electrons. The van der Waals surface area contributed by atoms with Crippen LogP contribution in [0.25, 0.3) is 0 Å². The molecule has 0 radical (unpaired) electrons. The van der Waals surface area contributed by atoms with Gasteiger partial charge in [0.15, 0.2) is 0 Å². The molecule has 0 aliphatic carbocycles. The molecule has 0 atom stereocenters. The number of benzene rings is 1. The second kappa shape index (κ2) is 5.29. The molecule has 1 N–H and O–H groups in total. The monoisotopic (exact) mass is 273 g/mol. The van der Waals surface area contributed by atoms with Gasteiger partial charge in [-0.1, -0.05) is 5.21 Å². The van der Waals surface area contributed by atoms with Gasteiger partial charge in [0, 0.05) is 0 Å². The van der Waals surface area contributed by atoms with Gasteiger partial charge < -0.3 is 5.32 Å². The van der Waals surface area contributed by atoms with E-state index in [0.29, 0.717) is 12.2 Å². The van der Waals surface area contributed by atoms with Gasteiger partial charge in [-0.2, -0.15) is 5.26 Å². The van der Waals surface area contributed by atoms with Crippen molar-refractivity contribution in [3.8, 4) is 6.07 Å². The van der Waals surface area contributed by atoms with Crippen LogP contribution in [0.2, 0.25) is 0 Å². The predicted molar refractivity (Wildman–Crippen MR) is 73.5 cm³/mol. The number of rotatable bonds is 3. The van der Waals surface area contributed by atoms with Crippen molar-refractivity contribution in [1.29, 1.82) is 5.26 Å². The summed E-state index contributed by atoms with van der Waals surface area (Å²) in [5.41, 5.74) is 1.49. The molecule has 5 nitrogen and oxygen atoms in total. The van der Waals surface area contributed by atoms with Crippen LogP contribution >= 0.6 is 0 Å². The van der Waals surface area contributed by atoms with E-state index in [4.69, 9.17) is 5.26 Å². The number of anilines is 1. The summed E-state index contributed by atoms with van der Waals surface area (Å²) in [7, 11) is 0. The summed E-state index contributed by atoms with van der Waals surface area (Å²) < 4.78 is 14.8. The first-order valence-electron chi connectivity index (χ1n) is 6.25. The lowest BCUT2D eigenvalue weighted by atomic mass is 10.1. The highest BCUT2D eigenvalue weighted by molar-refractivity contribution is 5.57. The second-order valence-corrected chi connectivity index (χ2v) is 5.48. The molecule has 0 saturated carbocycles. The maximum Gasteiger partial charge on any atom is 0.124 e. The second-order valence-electron chi connectivity index (χ2n) is 5.48. The Bertz CT molecular complexity index is 648. The molecule has 0 saturated heterocycles. The summed E-state index contributed by atoms with van der Waals surface area (Å²) in [4.78, 5) is 0. The zero-order chi connectivity index (χ0) is 14.8. The zero-order valence-corrected chi connectivity index (χ0v) is 11.7. The van der Waals surface area contributed by atoms with E-state index in [1.54, 1.807) is 10.7 Å². The van der Waals surface area contributed by atoms with Gasteiger partial charge >= 0.3 is 0 Å². The Labute approximate surface area is 117 Å². The number of nitriles is 1. The number of aromatic nitrogens is 3. The van der Waals surface area contributed by atoms with Crippen LogP contribution in [-0.2, 0) is 12.1 Å². The fourth-order valence-electron chi connectivity index (χ4n) is 1.66. The highest BCUT2D eigenvalue weighted by atomic mass is 19.1. The van der Waals surface area contributed by atoms with Crippen molar-refractivity contribution in [2.24, 2.45) is 0 Å². The molecule has 0 bridgehead atoms. The predicted octanol–water partition coefficient (Wildman–Crippen LogP) is 2.66. The van der Waals surface area contributed by atoms with Gasteiger partial charge in [-0.3, -0.25) is 0 Å². The van der Waals surface area contributed by atoms with E-state index in [1.165, 1.54) is 12.1 Å². The lowest BCUT2D eigenvalue weighted by Gasteiger charge is -2.17. The Kier molecular flexibility index (Phi) is 3.70. The molecule has 1 aromatic carbocycles. The molecule has 2 rings (SSSR count). The number of hydrogen-bond donors (Lipinski definition) is 1. The molecule has 0 aliphatic rings. The molecule has 0 fully saturated rings. The van der Waals surface area contributed by atoms with E-state index in [0.717, 1.165) is 5.69 Å². The Morgan fingerprint density at radius 2 is 2.15 bits per heavy atom. The van der Waals surface area contributed by atoms with Crippen molar-refractivity contribution >= 4 is 5.69 Å². The van der Waals surface area contributed by atoms with Crippen LogP contribution in [0.5, 0.6) is 0 Å². The van der Waals surface area contributed by atoms with Gasteiger partial charge in [0.1, 0.15) is 17.6 Å². The largest absolute Gasteiger partial charge is 0.378 e. The van der Waals surface area contributed by atoms with Crippen LogP contribution in [0.1, 0.15) is 32.0 Å². The fraction of sp³-hybridized carbons (Fsp3) is 0.357. The Morgan fingerprint density at radius 1 is 1.40 bits per heavy atom. The minimum atomic E-state index is -0.425. The summed E-state index contributed by atoms with van der Waals surface area (Å²) in [6.45, 7) is 6.53. The smallest absolute Gasteiger partial charge is 0.124 e. The maximum atomic E-state index is 13.0. The van der Waals surface area contributed by atoms with E-state index < -0.39 is 5.82 Å². The van der Waals surface area contributed by atoms with Crippen molar-refractivity contribution in [2.75, 3.05) is 5.32 Å². The summed E-state index contributed by atoms with van der Waals surface area (Å²) in [5.74, 6) is -0.425. The topological polar surface area (TPSA) is 66.5 Å². The van der Waals surface area contributed by atoms with E-state index in [-0.39, 0.29) is 11.1 Å². The zero-order valence-electron chi connectivity index (χ0n) is 11.7. The van der Waals surface area contributed by atoms with Crippen LogP contribution in [0.15, 0.2) is 24.4 Å². The van der Waals surface area contributed by atoms with Crippen LogP contribution < -0.4 is 5.32 Å². The molecule has 0 aliphatic heterocycles. The molecule has 1 heterocycles. The van der Waals surface area contributed by atoms with Crippen LogP contribution in [0.4, 0.5) is 10.1 Å². The Hall–Kier alpha value is -2.42. The molecule has 0 unspecified atom stereocenters. The van der Waals surface area contributed by atoms with E-state index >= 15 is 0 Å². The summed E-state index contributed by atoms with van der Waals surface area (Å²) in [5, 5.41) is 20.2. The number of halogens is 1. The number of nitrogens with one attached hydrogen (secondary N) is 1. The van der Waals surface area contributed by atoms with Gasteiger partial charge in [0.2, 0.25) is 0 Å². The standard InChI is InChI=1S/C14H16FN5/c1-14(2,3)20-9-12(18-19-20)8-17-13-5-4-11(15)6-10(13)7-16/h4-6,9,17H,8H2,1-3H3. The van der Waals surface area contributed by atoms with Gasteiger partial charge in [0.25, 0.3) is 0 Å². The van der Waals surface area contributed by atoms with E-state index in [9.17, 15) is 4.39 Å². The Morgan fingerprint density at radius 3 is 2.75 bits per heavy atom. The summed E-state index contributed by atoms with van der Waals surface area (Å²) in [6.07, 6.45) is 1.85. The molecule has 1 aromatic heterocycles. The van der Waals surface area contributed by atoms with Gasteiger partial charge in [-0.15, -0.1) is 5.10 Å². The molecule has 20 heavy (non-hydrogen) atoms. The third kappa shape index (κ3) is 3.12. The lowest BCUT2D eigenvalue weighted by molar-refractivity contribution is 0.347. The lowest BCUT2D eigenvalue weighted by Crippen LogP contribution is -2.22. The number of hydrogen-bond acceptors (Lipinski definition) is 4. The highest BCUT2D eigenvalue weighted by Gasteiger charge is 2.15. The van der Waals surface area contributed by atoms with E-state index in [1.807, 2.05) is 33.0 Å². The first-order valence-corrected chi connectivity index (χ1v) is 6.25. The molecule has 2 aromatic rings. The highest BCUT2D eigenvalue weighted by Crippen LogP contribution is 2.17. The van der Waals surface area contributed by atoms with Crippen molar-refractivity contribution in [3.63, 3.8) is 0 Å². The Balaban J connectivity index is 2.10. The van der Waals surface area contributed by atoms with Crippen LogP contribution in [0, 0.1) is 17.1 Å². The SMILES string of the molecule is CC(C)(C)n1cc(CNc2ccc(F)cc2C#N)nn1. The average molecular weight is 273 g/mol. The number of nitrogens with zero attached hydrogens (tertiary/aromatic N) is 4. The van der Waals surface area contributed by atoms with Gasteiger partial charge in [0.05, 0.1) is 29.5 Å². The molecular formula is C14H16FN5. The van der Waals surface area contributed by atoms with Crippen molar-refractivity contribution in [1.82, 2.24) is 15.0 Å². The van der Waals surface area contributed by atoms with Gasteiger partial charge in [-0.25, -0.2) is 9.07 Å². The molecular weight excluding hydrogens is 257 g/mol. The quantitative estimate of drug-likeness (QED) is 0.933. The average Bonchev–Trinajstić information content (AvgIpc) is 2.86. The summed E-state index contributed by atoms with van der Waals surface area (Å²) >= 11 is 0. The third-order valence-electron chi connectivity index (χ3n) is 2.79. The normalized spacial score (nSPS) is 11.2. The van der Waals surface area contributed by atoms with E-state index in [2.05, 4.69) is 15.6 Å². The molecule has 0 spiro atoms. The first kappa shape index (κ1) is 14.0.